The van der Waals surface area contributed by atoms with Gasteiger partial charge in [0.25, 0.3) is 0 Å². The maximum atomic E-state index is 11.4. The van der Waals surface area contributed by atoms with Crippen LogP contribution in [0.4, 0.5) is 0 Å². The molecule has 1 heterocycles. The molecule has 0 spiro atoms. The topological polar surface area (TPSA) is 39.2 Å². The first-order valence-electron chi connectivity index (χ1n) is 3.91. The van der Waals surface area contributed by atoms with Gasteiger partial charge in [-0.3, -0.25) is 4.98 Å². The van der Waals surface area contributed by atoms with Crippen molar-refractivity contribution in [2.45, 2.75) is 13.0 Å². The monoisotopic (exact) mass is 253 g/mol. The van der Waals surface area contributed by atoms with Crippen LogP contribution < -0.4 is 0 Å². The van der Waals surface area contributed by atoms with Crippen LogP contribution in [0.1, 0.15) is 17.3 Å². The van der Waals surface area contributed by atoms with Crippen molar-refractivity contribution in [3.63, 3.8) is 0 Å². The van der Waals surface area contributed by atoms with Crippen molar-refractivity contribution < 1.29 is 9.53 Å². The van der Waals surface area contributed by atoms with Gasteiger partial charge < -0.3 is 4.74 Å². The Bertz CT molecular complexity index is 384. The van der Waals surface area contributed by atoms with E-state index in [1.165, 1.54) is 6.20 Å². The van der Waals surface area contributed by atoms with E-state index in [1.807, 2.05) is 0 Å². The molecule has 14 heavy (non-hydrogen) atoms. The van der Waals surface area contributed by atoms with Gasteiger partial charge in [0.05, 0.1) is 5.56 Å². The van der Waals surface area contributed by atoms with Gasteiger partial charge in [0.2, 0.25) is 0 Å². The van der Waals surface area contributed by atoms with E-state index in [1.54, 1.807) is 19.2 Å². The number of hydrogen-bond acceptors (Lipinski definition) is 3. The number of esters is 1. The van der Waals surface area contributed by atoms with Crippen molar-refractivity contribution >= 4 is 21.9 Å². The minimum atomic E-state index is -0.526. The van der Waals surface area contributed by atoms with Crippen molar-refractivity contribution in [3.05, 3.63) is 28.5 Å². The Labute approximate surface area is 90.6 Å². The average Bonchev–Trinajstić information content (AvgIpc) is 2.17. The molecule has 0 saturated heterocycles. The largest absolute Gasteiger partial charge is 0.446 e. The van der Waals surface area contributed by atoms with E-state index in [0.29, 0.717) is 5.56 Å². The van der Waals surface area contributed by atoms with Gasteiger partial charge >= 0.3 is 5.97 Å². The number of nitrogens with zero attached hydrogens (tertiary/aromatic N) is 1. The Hall–Kier alpha value is -1.34. The predicted octanol–water partition coefficient (Wildman–Crippen LogP) is 2.02. The van der Waals surface area contributed by atoms with Crippen molar-refractivity contribution in [2.24, 2.45) is 0 Å². The van der Waals surface area contributed by atoms with Gasteiger partial charge in [-0.2, -0.15) is 0 Å². The molecule has 0 bridgehead atoms. The van der Waals surface area contributed by atoms with E-state index in [4.69, 9.17) is 11.2 Å². The number of halogens is 1. The highest BCUT2D eigenvalue weighted by atomic mass is 79.9. The minimum Gasteiger partial charge on any atom is -0.446 e. The molecule has 0 amide bonds. The molecule has 1 aromatic rings. The number of aromatic nitrogens is 1. The van der Waals surface area contributed by atoms with Crippen molar-refractivity contribution in [1.29, 1.82) is 0 Å². The number of carbonyl (C=O) groups excluding carboxylic acids is 1. The number of carbonyl (C=O) groups is 1. The van der Waals surface area contributed by atoms with Gasteiger partial charge in [0.1, 0.15) is 0 Å². The van der Waals surface area contributed by atoms with Crippen LogP contribution in [0.3, 0.4) is 0 Å². The molecule has 72 valence electrons. The molecule has 0 saturated carbocycles. The molecule has 0 aliphatic rings. The van der Waals surface area contributed by atoms with Crippen LogP contribution >= 0.6 is 15.9 Å². The molecule has 0 N–H and O–H groups in total. The van der Waals surface area contributed by atoms with Gasteiger partial charge in [0.15, 0.2) is 6.10 Å². The fourth-order valence-electron chi connectivity index (χ4n) is 0.786. The first-order chi connectivity index (χ1) is 6.63. The third-order valence-corrected chi connectivity index (χ3v) is 1.89. The summed E-state index contributed by atoms with van der Waals surface area (Å²) in [6.07, 6.45) is 7.56. The molecule has 0 aliphatic carbocycles. The van der Waals surface area contributed by atoms with Gasteiger partial charge in [-0.25, -0.2) is 4.79 Å². The molecule has 1 rings (SSSR count). The van der Waals surface area contributed by atoms with E-state index < -0.39 is 12.1 Å². The molecule has 0 aliphatic heterocycles. The Morgan fingerprint density at radius 1 is 1.71 bits per heavy atom. The lowest BCUT2D eigenvalue weighted by atomic mass is 10.3. The summed E-state index contributed by atoms with van der Waals surface area (Å²) in [6, 6.07) is 1.62. The number of rotatable bonds is 2. The molecule has 1 unspecified atom stereocenters. The second kappa shape index (κ2) is 4.77. The summed E-state index contributed by atoms with van der Waals surface area (Å²) < 4.78 is 5.63. The maximum Gasteiger partial charge on any atom is 0.340 e. The van der Waals surface area contributed by atoms with Crippen LogP contribution in [0.5, 0.6) is 0 Å². The molecule has 0 fully saturated rings. The normalized spacial score (nSPS) is 11.5. The predicted molar refractivity (Wildman–Crippen MR) is 55.6 cm³/mol. The summed E-state index contributed by atoms with van der Waals surface area (Å²) in [5.41, 5.74) is 0.376. The Morgan fingerprint density at radius 3 is 3.00 bits per heavy atom. The fraction of sp³-hybridized carbons (Fsp3) is 0.200. The van der Waals surface area contributed by atoms with Crippen molar-refractivity contribution in [2.75, 3.05) is 0 Å². The quantitative estimate of drug-likeness (QED) is 0.598. The van der Waals surface area contributed by atoms with E-state index in [9.17, 15) is 4.79 Å². The van der Waals surface area contributed by atoms with E-state index in [2.05, 4.69) is 26.8 Å². The summed E-state index contributed by atoms with van der Waals surface area (Å²) in [5, 5.41) is 0. The first-order valence-corrected chi connectivity index (χ1v) is 4.70. The highest BCUT2D eigenvalue weighted by molar-refractivity contribution is 9.10. The summed E-state index contributed by atoms with van der Waals surface area (Å²) in [4.78, 5) is 15.2. The fourth-order valence-corrected chi connectivity index (χ4v) is 1.15. The molecular weight excluding hydrogens is 246 g/mol. The van der Waals surface area contributed by atoms with Gasteiger partial charge in [-0.15, -0.1) is 6.42 Å². The molecular formula is C10H8BrNO2. The van der Waals surface area contributed by atoms with Crippen LogP contribution in [0, 0.1) is 12.3 Å². The number of terminal acetylenes is 1. The lowest BCUT2D eigenvalue weighted by Crippen LogP contribution is -2.13. The van der Waals surface area contributed by atoms with Crippen LogP contribution in [0.2, 0.25) is 0 Å². The summed E-state index contributed by atoms with van der Waals surface area (Å²) in [6.45, 7) is 1.63. The standard InChI is InChI=1S/C10H8BrNO2/c1-3-7(2)14-10(13)8-4-9(11)6-12-5-8/h1,4-7H,2H3. The van der Waals surface area contributed by atoms with Crippen LogP contribution in [0.15, 0.2) is 22.9 Å². The van der Waals surface area contributed by atoms with Crippen molar-refractivity contribution in [3.8, 4) is 12.3 Å². The number of pyridine rings is 1. The number of hydrogen-bond donors (Lipinski definition) is 0. The zero-order chi connectivity index (χ0) is 10.6. The molecule has 0 radical (unpaired) electrons. The van der Waals surface area contributed by atoms with Crippen molar-refractivity contribution in [1.82, 2.24) is 4.98 Å². The van der Waals surface area contributed by atoms with Gasteiger partial charge in [0, 0.05) is 16.9 Å². The number of ether oxygens (including phenoxy) is 1. The molecule has 0 aromatic carbocycles. The highest BCUT2D eigenvalue weighted by Gasteiger charge is 2.10. The zero-order valence-electron chi connectivity index (χ0n) is 7.53. The molecule has 4 heteroatoms. The smallest absolute Gasteiger partial charge is 0.340 e. The minimum absolute atomic E-state index is 0.376. The van der Waals surface area contributed by atoms with Gasteiger partial charge in [-0.1, -0.05) is 5.92 Å². The van der Waals surface area contributed by atoms with E-state index in [-0.39, 0.29) is 0 Å². The zero-order valence-corrected chi connectivity index (χ0v) is 9.11. The lowest BCUT2D eigenvalue weighted by molar-refractivity contribution is 0.0438. The average molecular weight is 254 g/mol. The molecule has 3 nitrogen and oxygen atoms in total. The van der Waals surface area contributed by atoms with Gasteiger partial charge in [-0.05, 0) is 28.9 Å². The third-order valence-electron chi connectivity index (χ3n) is 1.46. The summed E-state index contributed by atoms with van der Waals surface area (Å²) >= 11 is 3.20. The lowest BCUT2D eigenvalue weighted by Gasteiger charge is -2.06. The highest BCUT2D eigenvalue weighted by Crippen LogP contribution is 2.11. The Morgan fingerprint density at radius 2 is 2.43 bits per heavy atom. The SMILES string of the molecule is C#CC(C)OC(=O)c1cncc(Br)c1. The molecule has 1 atom stereocenters. The third kappa shape index (κ3) is 2.86. The second-order valence-electron chi connectivity index (χ2n) is 2.61. The van der Waals surface area contributed by atoms with E-state index in [0.717, 1.165) is 4.47 Å². The van der Waals surface area contributed by atoms with Crippen LogP contribution in [-0.4, -0.2) is 17.1 Å². The first kappa shape index (κ1) is 10.7. The Balaban J connectivity index is 2.76. The van der Waals surface area contributed by atoms with E-state index >= 15 is 0 Å². The van der Waals surface area contributed by atoms with Crippen LogP contribution in [0.25, 0.3) is 0 Å². The maximum absolute atomic E-state index is 11.4. The Kier molecular flexibility index (Phi) is 3.66. The van der Waals surface area contributed by atoms with Crippen LogP contribution in [-0.2, 0) is 4.74 Å². The second-order valence-corrected chi connectivity index (χ2v) is 3.52. The molecule has 1 aromatic heterocycles. The summed E-state index contributed by atoms with van der Waals surface area (Å²) in [5.74, 6) is 1.84. The summed E-state index contributed by atoms with van der Waals surface area (Å²) in [7, 11) is 0.